The van der Waals surface area contributed by atoms with Crippen molar-refractivity contribution in [3.8, 4) is 11.5 Å². The maximum absolute atomic E-state index is 14.3. The predicted octanol–water partition coefficient (Wildman–Crippen LogP) is 3.21. The zero-order chi connectivity index (χ0) is 62.0. The number of fused-ring (bicyclic) bond motifs is 8. The molecule has 2 aliphatic rings. The molecule has 0 radical (unpaired) electrons. The molecule has 8 rings (SSSR count). The van der Waals surface area contributed by atoms with E-state index in [2.05, 4.69) is 63.0 Å². The Labute approximate surface area is 512 Å². The molecule has 0 atom stereocenters. The number of nitrogens with one attached hydrogen (secondary N) is 10. The number of rotatable bonds is 9. The summed E-state index contributed by atoms with van der Waals surface area (Å²) in [6, 6.07) is 38.5. The minimum absolute atomic E-state index is 0.0884. The first kappa shape index (κ1) is 64.5. The van der Waals surface area contributed by atoms with Gasteiger partial charge in [-0.05, 0) is 84.6 Å². The van der Waals surface area contributed by atoms with Gasteiger partial charge >= 0.3 is 0 Å². The molecule has 0 unspecified atom stereocenters. The van der Waals surface area contributed by atoms with Crippen molar-refractivity contribution < 1.29 is 47.8 Å². The van der Waals surface area contributed by atoms with E-state index in [1.54, 1.807) is 86.6 Å². The molecule has 0 saturated heterocycles. The van der Waals surface area contributed by atoms with Gasteiger partial charge in [0.2, 0.25) is 0 Å². The van der Waals surface area contributed by atoms with Crippen molar-refractivity contribution in [2.24, 2.45) is 0 Å². The molecule has 0 aliphatic carbocycles. The predicted molar refractivity (Wildman–Crippen MR) is 334 cm³/mol. The number of nitrogens with zero attached hydrogens (tertiary/aromatic N) is 2. The van der Waals surface area contributed by atoms with Crippen molar-refractivity contribution in [1.29, 1.82) is 0 Å². The van der Waals surface area contributed by atoms with Crippen molar-refractivity contribution in [1.82, 2.24) is 63.0 Å². The number of para-hydroxylation sites is 2. The third-order valence-corrected chi connectivity index (χ3v) is 15.0. The highest BCUT2D eigenvalue weighted by atomic mass is 16.5. The third kappa shape index (κ3) is 18.5. The second kappa shape index (κ2) is 33.4. The van der Waals surface area contributed by atoms with Gasteiger partial charge in [-0.25, -0.2) is 0 Å². The first-order valence-corrected chi connectivity index (χ1v) is 29.8. The van der Waals surface area contributed by atoms with Crippen molar-refractivity contribution >= 4 is 47.3 Å². The lowest BCUT2D eigenvalue weighted by molar-refractivity contribution is 0.0915. The zero-order valence-electron chi connectivity index (χ0n) is 49.8. The number of carbonyl (C=O) groups excluding carboxylic acids is 8. The van der Waals surface area contributed by atoms with Crippen LogP contribution in [0.2, 0.25) is 0 Å². The molecular formula is C66H78N12O10. The summed E-state index contributed by atoms with van der Waals surface area (Å²) in [6.07, 6.45) is 0. The maximum atomic E-state index is 14.3. The minimum Gasteiger partial charge on any atom is -0.487 e. The molecule has 6 aromatic carbocycles. The fourth-order valence-corrected chi connectivity index (χ4v) is 10.1. The van der Waals surface area contributed by atoms with Gasteiger partial charge in [-0.3, -0.25) is 48.2 Å². The Bertz CT molecular complexity index is 3180. The van der Waals surface area contributed by atoms with Crippen LogP contribution in [0.5, 0.6) is 11.5 Å². The topological polar surface area (TPSA) is 282 Å². The molecule has 2 aliphatic heterocycles. The van der Waals surface area contributed by atoms with Crippen LogP contribution in [0.15, 0.2) is 133 Å². The van der Waals surface area contributed by atoms with Gasteiger partial charge in [0.05, 0.1) is 22.3 Å². The van der Waals surface area contributed by atoms with E-state index in [9.17, 15) is 38.4 Å². The number of benzene rings is 6. The summed E-state index contributed by atoms with van der Waals surface area (Å²) in [4.78, 5) is 115. The fourth-order valence-electron chi connectivity index (χ4n) is 10.1. The molecule has 22 heteroatoms. The Hall–Kier alpha value is -9.48. The molecule has 8 amide bonds. The van der Waals surface area contributed by atoms with E-state index >= 15 is 0 Å². The molecule has 10 N–H and O–H groups in total. The summed E-state index contributed by atoms with van der Waals surface area (Å²) < 4.78 is 12.6. The van der Waals surface area contributed by atoms with Gasteiger partial charge in [0.15, 0.2) is 0 Å². The average molecular weight is 1200 g/mol. The number of ether oxygens (including phenoxy) is 2. The standard InChI is InChI=1S/C66H78N12O10/c1-45-49-17-9-19-51(45)61(81)73-33-37-77(39-35-75-65(85)55-23-11-21-53(57(55)87-43-47-13-5-3-6-14-47)63(83)71-31-27-67-25-29-69-59(49)79)41-42-78-38-34-74-62(82)52-20-10-18-50(46(52)2)60(80)70-30-26-68-28-32-72-64(84)54-22-12-24-56(66(86)76-36-40-78)58(54)88-44-48-15-7-4-8-16-48/h3-24,67-68H,25-44H2,1-2H3,(H,69,79)(H,70,80)(H,71,83)(H,72,84)(H,73,81)(H,74,82)(H,75,85)(H,76,86). The van der Waals surface area contributed by atoms with Gasteiger partial charge in [-0.15, -0.1) is 0 Å². The van der Waals surface area contributed by atoms with Gasteiger partial charge < -0.3 is 62.6 Å². The molecule has 88 heavy (non-hydrogen) atoms. The highest BCUT2D eigenvalue weighted by Crippen LogP contribution is 2.28. The smallest absolute Gasteiger partial charge is 0.255 e. The van der Waals surface area contributed by atoms with Crippen LogP contribution in [-0.2, 0) is 13.2 Å². The van der Waals surface area contributed by atoms with Crippen LogP contribution in [0, 0.1) is 13.8 Å². The largest absolute Gasteiger partial charge is 0.487 e. The molecule has 0 fully saturated rings. The molecule has 8 bridgehead atoms. The summed E-state index contributed by atoms with van der Waals surface area (Å²) in [7, 11) is 0. The van der Waals surface area contributed by atoms with Crippen molar-refractivity contribution in [3.05, 3.63) is 200 Å². The highest BCUT2D eigenvalue weighted by molar-refractivity contribution is 6.06. The van der Waals surface area contributed by atoms with Crippen LogP contribution in [0.1, 0.15) is 105 Å². The second-order valence-electron chi connectivity index (χ2n) is 21.1. The molecule has 0 spiro atoms. The molecule has 6 aromatic rings. The summed E-state index contributed by atoms with van der Waals surface area (Å²) >= 11 is 0. The minimum atomic E-state index is -0.472. The van der Waals surface area contributed by atoms with E-state index in [0.717, 1.165) is 11.1 Å². The lowest BCUT2D eigenvalue weighted by atomic mass is 10.0. The number of amides is 8. The Morgan fingerprint density at radius 2 is 0.534 bits per heavy atom. The van der Waals surface area contributed by atoms with Gasteiger partial charge in [0.1, 0.15) is 24.7 Å². The summed E-state index contributed by atoms with van der Waals surface area (Å²) in [5.74, 6) is -3.00. The van der Waals surface area contributed by atoms with Crippen LogP contribution >= 0.6 is 0 Å². The van der Waals surface area contributed by atoms with Crippen molar-refractivity contribution in [2.45, 2.75) is 27.1 Å². The Morgan fingerprint density at radius 3 is 0.807 bits per heavy atom. The molecule has 22 nitrogen and oxygen atoms in total. The molecule has 0 saturated carbocycles. The van der Waals surface area contributed by atoms with Gasteiger partial charge in [-0.1, -0.05) is 84.9 Å². The Balaban J connectivity index is 1.05. The first-order chi connectivity index (χ1) is 42.9. The normalized spacial score (nSPS) is 16.7. The van der Waals surface area contributed by atoms with E-state index in [0.29, 0.717) is 98.8 Å². The lowest BCUT2D eigenvalue weighted by Crippen LogP contribution is -2.46. The quantitative estimate of drug-likeness (QED) is 0.0996. The number of hydrogen-bond donors (Lipinski definition) is 10. The average Bonchev–Trinajstić information content (AvgIpc) is 2.68. The van der Waals surface area contributed by atoms with E-state index in [1.165, 1.54) is 0 Å². The van der Waals surface area contributed by atoms with Crippen LogP contribution in [-0.4, -0.2) is 175 Å². The van der Waals surface area contributed by atoms with Crippen LogP contribution < -0.4 is 62.6 Å². The monoisotopic (exact) mass is 1200 g/mol. The Morgan fingerprint density at radius 1 is 0.295 bits per heavy atom. The van der Waals surface area contributed by atoms with Gasteiger partial charge in [0, 0.05) is 140 Å². The Kier molecular flexibility index (Phi) is 24.5. The van der Waals surface area contributed by atoms with Crippen molar-refractivity contribution in [3.63, 3.8) is 0 Å². The summed E-state index contributed by atoms with van der Waals surface area (Å²) in [5, 5.41) is 30.2. The van der Waals surface area contributed by atoms with Crippen LogP contribution in [0.3, 0.4) is 0 Å². The van der Waals surface area contributed by atoms with E-state index in [1.807, 2.05) is 60.7 Å². The molecule has 462 valence electrons. The SMILES string of the molecule is Cc1c2cccc1C(=O)NCCN(CCN1CCNC(=O)c3cccc(c3C)C(=O)NCCNCCNC(=O)c3cccc(c3OCc3ccccc3)C(=O)NCC1)CCNC(=O)c1cccc(c1OCc1ccccc1)C(=O)NCCNCCNC2=O. The van der Waals surface area contributed by atoms with E-state index in [4.69, 9.17) is 9.47 Å². The molecule has 0 aromatic heterocycles. The zero-order valence-corrected chi connectivity index (χ0v) is 49.8. The number of hydrogen-bond acceptors (Lipinski definition) is 14. The van der Waals surface area contributed by atoms with Gasteiger partial charge in [0.25, 0.3) is 47.3 Å². The second-order valence-corrected chi connectivity index (χ2v) is 21.1. The summed E-state index contributed by atoms with van der Waals surface area (Å²) in [5.41, 5.74) is 4.75. The number of carbonyl (C=O) groups is 8. The lowest BCUT2D eigenvalue weighted by Gasteiger charge is -2.28. The van der Waals surface area contributed by atoms with Gasteiger partial charge in [-0.2, -0.15) is 0 Å². The fraction of sp³-hybridized carbons (Fsp3) is 0.333. The van der Waals surface area contributed by atoms with E-state index in [-0.39, 0.29) is 123 Å². The molecule has 2 heterocycles. The van der Waals surface area contributed by atoms with Crippen molar-refractivity contribution in [2.75, 3.05) is 118 Å². The van der Waals surface area contributed by atoms with E-state index < -0.39 is 23.6 Å². The third-order valence-electron chi connectivity index (χ3n) is 15.0. The van der Waals surface area contributed by atoms with Crippen LogP contribution in [0.4, 0.5) is 0 Å². The van der Waals surface area contributed by atoms with Crippen LogP contribution in [0.25, 0.3) is 0 Å². The summed E-state index contributed by atoms with van der Waals surface area (Å²) in [6.45, 7) is 8.82. The molecular weight excluding hydrogens is 1120 g/mol. The maximum Gasteiger partial charge on any atom is 0.255 e. The first-order valence-electron chi connectivity index (χ1n) is 29.8. The highest BCUT2D eigenvalue weighted by Gasteiger charge is 2.25.